The summed E-state index contributed by atoms with van der Waals surface area (Å²) in [6, 6.07) is 8.33. The van der Waals surface area contributed by atoms with Gasteiger partial charge in [-0.15, -0.1) is 17.5 Å². The van der Waals surface area contributed by atoms with Gasteiger partial charge in [-0.1, -0.05) is 22.9 Å². The summed E-state index contributed by atoms with van der Waals surface area (Å²) < 4.78 is 1.65. The first kappa shape index (κ1) is 17.4. The third kappa shape index (κ3) is 3.89. The Hall–Kier alpha value is -1.92. The van der Waals surface area contributed by atoms with E-state index in [0.29, 0.717) is 11.7 Å². The molecule has 6 nitrogen and oxygen atoms in total. The van der Waals surface area contributed by atoms with Crippen LogP contribution in [0.5, 0.6) is 0 Å². The minimum atomic E-state index is -0.0432. The van der Waals surface area contributed by atoms with Gasteiger partial charge in [-0.05, 0) is 38.9 Å². The lowest BCUT2D eigenvalue weighted by molar-refractivity contribution is 0.0692. The number of carbonyl (C=O) groups is 1. The quantitative estimate of drug-likeness (QED) is 0.929. The normalized spacial score (nSPS) is 17.7. The van der Waals surface area contributed by atoms with Crippen LogP contribution in [-0.2, 0) is 0 Å². The van der Waals surface area contributed by atoms with Crippen molar-refractivity contribution in [3.05, 3.63) is 41.7 Å². The Morgan fingerprint density at radius 2 is 2.04 bits per heavy atom. The van der Waals surface area contributed by atoms with Gasteiger partial charge in [0.05, 0.1) is 11.9 Å². The van der Waals surface area contributed by atoms with Gasteiger partial charge < -0.3 is 10.2 Å². The molecule has 7 heteroatoms. The predicted octanol–water partition coefficient (Wildman–Crippen LogP) is 1.82. The van der Waals surface area contributed by atoms with Crippen LogP contribution in [0.3, 0.4) is 0 Å². The van der Waals surface area contributed by atoms with Crippen molar-refractivity contribution in [3.8, 4) is 5.69 Å². The number of nitrogens with zero attached hydrogens (tertiary/aromatic N) is 4. The van der Waals surface area contributed by atoms with Gasteiger partial charge in [0.25, 0.3) is 5.91 Å². The molecule has 1 aliphatic rings. The van der Waals surface area contributed by atoms with Crippen LogP contribution in [0.25, 0.3) is 5.69 Å². The number of aromatic nitrogens is 3. The number of likely N-dealkylation sites (N-methyl/N-ethyl adjacent to an activating group) is 1. The molecule has 3 rings (SSSR count). The van der Waals surface area contributed by atoms with E-state index in [4.69, 9.17) is 0 Å². The summed E-state index contributed by atoms with van der Waals surface area (Å²) in [5.74, 6) is -0.0432. The number of piperidine rings is 1. The number of rotatable bonds is 3. The molecule has 0 bridgehead atoms. The Morgan fingerprint density at radius 3 is 2.74 bits per heavy atom. The molecule has 124 valence electrons. The SMILES string of the molecule is CNC1CCCN(C(=O)c2cn(-c3ccc(C)cc3)nn2)C1.Cl. The highest BCUT2D eigenvalue weighted by Gasteiger charge is 2.25. The molecule has 0 spiro atoms. The number of carbonyl (C=O) groups excluding carboxylic acids is 1. The number of halogens is 1. The fraction of sp³-hybridized carbons (Fsp3) is 0.438. The number of aryl methyl sites for hydroxylation is 1. The van der Waals surface area contributed by atoms with Crippen molar-refractivity contribution in [2.24, 2.45) is 0 Å². The van der Waals surface area contributed by atoms with Gasteiger partial charge in [0.15, 0.2) is 5.69 Å². The minimum Gasteiger partial charge on any atom is -0.336 e. The third-order valence-corrected chi connectivity index (χ3v) is 4.13. The maximum Gasteiger partial charge on any atom is 0.276 e. The van der Waals surface area contributed by atoms with Crippen LogP contribution in [0.15, 0.2) is 30.5 Å². The number of likely N-dealkylation sites (tertiary alicyclic amines) is 1. The highest BCUT2D eigenvalue weighted by atomic mass is 35.5. The largest absolute Gasteiger partial charge is 0.336 e. The van der Waals surface area contributed by atoms with Gasteiger partial charge in [-0.2, -0.15) is 0 Å². The van der Waals surface area contributed by atoms with Crippen molar-refractivity contribution < 1.29 is 4.79 Å². The van der Waals surface area contributed by atoms with E-state index in [-0.39, 0.29) is 18.3 Å². The van der Waals surface area contributed by atoms with Gasteiger partial charge >= 0.3 is 0 Å². The molecule has 1 fully saturated rings. The van der Waals surface area contributed by atoms with Gasteiger partial charge in [-0.3, -0.25) is 4.79 Å². The minimum absolute atomic E-state index is 0. The lowest BCUT2D eigenvalue weighted by atomic mass is 10.1. The summed E-state index contributed by atoms with van der Waals surface area (Å²) in [6.07, 6.45) is 3.83. The van der Waals surface area contributed by atoms with Crippen molar-refractivity contribution in [1.29, 1.82) is 0 Å². The Bertz CT molecular complexity index is 655. The maximum atomic E-state index is 12.5. The highest BCUT2D eigenvalue weighted by molar-refractivity contribution is 5.92. The van der Waals surface area contributed by atoms with Crippen molar-refractivity contribution >= 4 is 18.3 Å². The molecule has 2 heterocycles. The lowest BCUT2D eigenvalue weighted by Gasteiger charge is -2.31. The maximum absolute atomic E-state index is 12.5. The molecule has 1 aromatic carbocycles. The number of amides is 1. The van der Waals surface area contributed by atoms with Gasteiger partial charge in [0, 0.05) is 19.1 Å². The fourth-order valence-electron chi connectivity index (χ4n) is 2.74. The van der Waals surface area contributed by atoms with E-state index in [1.165, 1.54) is 5.56 Å². The summed E-state index contributed by atoms with van der Waals surface area (Å²) in [4.78, 5) is 14.4. The number of hydrogen-bond donors (Lipinski definition) is 1. The van der Waals surface area contributed by atoms with E-state index >= 15 is 0 Å². The second-order valence-corrected chi connectivity index (χ2v) is 5.76. The molecular formula is C16H22ClN5O. The summed E-state index contributed by atoms with van der Waals surface area (Å²) in [6.45, 7) is 3.55. The standard InChI is InChI=1S/C16H21N5O.ClH/c1-12-5-7-14(8-6-12)21-11-15(18-19-21)16(22)20-9-3-4-13(10-20)17-2;/h5-8,11,13,17H,3-4,9-10H2,1-2H3;1H. The molecule has 0 radical (unpaired) electrons. The van der Waals surface area contributed by atoms with Crippen LogP contribution < -0.4 is 5.32 Å². The zero-order valence-corrected chi connectivity index (χ0v) is 14.2. The van der Waals surface area contributed by atoms with E-state index in [1.54, 1.807) is 10.9 Å². The van der Waals surface area contributed by atoms with Crippen molar-refractivity contribution in [2.75, 3.05) is 20.1 Å². The van der Waals surface area contributed by atoms with Crippen LogP contribution in [-0.4, -0.2) is 52.0 Å². The summed E-state index contributed by atoms with van der Waals surface area (Å²) in [5, 5.41) is 11.4. The molecular weight excluding hydrogens is 314 g/mol. The first-order chi connectivity index (χ1) is 10.7. The lowest BCUT2D eigenvalue weighted by Crippen LogP contribution is -2.47. The van der Waals surface area contributed by atoms with E-state index < -0.39 is 0 Å². The van der Waals surface area contributed by atoms with Crippen LogP contribution in [0.2, 0.25) is 0 Å². The Labute approximate surface area is 142 Å². The Balaban J connectivity index is 0.00000192. The van der Waals surface area contributed by atoms with E-state index in [2.05, 4.69) is 15.6 Å². The summed E-state index contributed by atoms with van der Waals surface area (Å²) >= 11 is 0. The second-order valence-electron chi connectivity index (χ2n) is 5.76. The van der Waals surface area contributed by atoms with Crippen LogP contribution in [0.1, 0.15) is 28.9 Å². The molecule has 1 amide bonds. The smallest absolute Gasteiger partial charge is 0.276 e. The molecule has 1 aliphatic heterocycles. The Morgan fingerprint density at radius 1 is 1.30 bits per heavy atom. The predicted molar refractivity (Wildman–Crippen MR) is 91.3 cm³/mol. The van der Waals surface area contributed by atoms with E-state index in [1.807, 2.05) is 43.1 Å². The molecule has 0 saturated carbocycles. The van der Waals surface area contributed by atoms with E-state index in [9.17, 15) is 4.79 Å². The third-order valence-electron chi connectivity index (χ3n) is 4.13. The second kappa shape index (κ2) is 7.57. The van der Waals surface area contributed by atoms with Crippen molar-refractivity contribution in [1.82, 2.24) is 25.2 Å². The topological polar surface area (TPSA) is 63.1 Å². The number of hydrogen-bond acceptors (Lipinski definition) is 4. The van der Waals surface area contributed by atoms with Gasteiger partial charge in [-0.25, -0.2) is 4.68 Å². The first-order valence-corrected chi connectivity index (χ1v) is 7.63. The number of nitrogens with one attached hydrogen (secondary N) is 1. The highest BCUT2D eigenvalue weighted by Crippen LogP contribution is 2.14. The van der Waals surface area contributed by atoms with E-state index in [0.717, 1.165) is 31.6 Å². The van der Waals surface area contributed by atoms with Gasteiger partial charge in [0.1, 0.15) is 0 Å². The molecule has 1 atom stereocenters. The Kier molecular flexibility index (Phi) is 5.74. The molecule has 0 aliphatic carbocycles. The average Bonchev–Trinajstić information content (AvgIpc) is 3.05. The zero-order chi connectivity index (χ0) is 15.5. The van der Waals surface area contributed by atoms with Gasteiger partial charge in [0.2, 0.25) is 0 Å². The number of benzene rings is 1. The summed E-state index contributed by atoms with van der Waals surface area (Å²) in [5.41, 5.74) is 2.49. The monoisotopic (exact) mass is 335 g/mol. The van der Waals surface area contributed by atoms with Crippen LogP contribution in [0, 0.1) is 6.92 Å². The molecule has 23 heavy (non-hydrogen) atoms. The van der Waals surface area contributed by atoms with Crippen molar-refractivity contribution in [2.45, 2.75) is 25.8 Å². The molecule has 1 aromatic heterocycles. The first-order valence-electron chi connectivity index (χ1n) is 7.63. The zero-order valence-electron chi connectivity index (χ0n) is 13.4. The molecule has 1 saturated heterocycles. The van der Waals surface area contributed by atoms with Crippen LogP contribution >= 0.6 is 12.4 Å². The van der Waals surface area contributed by atoms with Crippen molar-refractivity contribution in [3.63, 3.8) is 0 Å². The van der Waals surface area contributed by atoms with Crippen LogP contribution in [0.4, 0.5) is 0 Å². The molecule has 1 N–H and O–H groups in total. The fourth-order valence-corrected chi connectivity index (χ4v) is 2.74. The molecule has 2 aromatic rings. The molecule has 1 unspecified atom stereocenters. The average molecular weight is 336 g/mol. The summed E-state index contributed by atoms with van der Waals surface area (Å²) in [7, 11) is 1.94.